The highest BCUT2D eigenvalue weighted by Gasteiger charge is 2.17. The number of benzene rings is 2. The van der Waals surface area contributed by atoms with Gasteiger partial charge in [0.15, 0.2) is 11.0 Å². The first-order valence-electron chi connectivity index (χ1n) is 8.81. The molecule has 1 saturated heterocycles. The fraction of sp³-hybridized carbons (Fsp3) is 0.350. The van der Waals surface area contributed by atoms with Crippen LogP contribution in [0.1, 0.15) is 5.56 Å². The summed E-state index contributed by atoms with van der Waals surface area (Å²) in [5.74, 6) is 0. The van der Waals surface area contributed by atoms with Gasteiger partial charge in [0.05, 0.1) is 13.2 Å². The molecule has 0 atom stereocenters. The van der Waals surface area contributed by atoms with E-state index < -0.39 is 0 Å². The van der Waals surface area contributed by atoms with Crippen molar-refractivity contribution in [2.24, 2.45) is 0 Å². The second-order valence-electron chi connectivity index (χ2n) is 6.51. The highest BCUT2D eigenvalue weighted by Crippen LogP contribution is 2.14. The van der Waals surface area contributed by atoms with E-state index in [-0.39, 0.29) is 0 Å². The van der Waals surface area contributed by atoms with Crippen LogP contribution in [-0.2, 0) is 17.8 Å². The largest absolute Gasteiger partial charge is 0.379 e. The Hall–Kier alpha value is -1.88. The molecule has 130 valence electrons. The van der Waals surface area contributed by atoms with Crippen LogP contribution in [0.3, 0.4) is 0 Å². The molecule has 0 radical (unpaired) electrons. The molecule has 0 unspecified atom stereocenters. The number of morpholine rings is 1. The summed E-state index contributed by atoms with van der Waals surface area (Å²) in [4.78, 5) is 2.47. The molecule has 1 aromatic heterocycles. The monoisotopic (exact) mass is 356 g/mol. The van der Waals surface area contributed by atoms with Gasteiger partial charge in [-0.25, -0.2) is 9.13 Å². The third kappa shape index (κ3) is 3.87. The number of aromatic nitrogens is 2. The van der Waals surface area contributed by atoms with Crippen molar-refractivity contribution in [2.75, 3.05) is 32.8 Å². The third-order valence-corrected chi connectivity index (χ3v) is 5.06. The predicted octanol–water partition coefficient (Wildman–Crippen LogP) is 2.96. The van der Waals surface area contributed by atoms with Gasteiger partial charge >= 0.3 is 0 Å². The molecule has 0 N–H and O–H groups in total. The van der Waals surface area contributed by atoms with Gasteiger partial charge in [-0.1, -0.05) is 35.9 Å². The minimum atomic E-state index is 0.779. The van der Waals surface area contributed by atoms with Crippen LogP contribution in [-0.4, -0.2) is 42.3 Å². The SMILES string of the molecule is Clc1ccc(C[n+]2cn(CCN3CCOCC3)c3ccccc32)cc1. The van der Waals surface area contributed by atoms with Gasteiger partial charge in [0, 0.05) is 24.7 Å². The lowest BCUT2D eigenvalue weighted by molar-refractivity contribution is -0.663. The van der Waals surface area contributed by atoms with Crippen LogP contribution in [0.5, 0.6) is 0 Å². The van der Waals surface area contributed by atoms with Crippen molar-refractivity contribution in [1.82, 2.24) is 9.47 Å². The van der Waals surface area contributed by atoms with Gasteiger partial charge in [0.1, 0.15) is 13.1 Å². The second kappa shape index (κ2) is 7.56. The number of imidazole rings is 1. The van der Waals surface area contributed by atoms with Crippen LogP contribution in [0.25, 0.3) is 11.0 Å². The number of ether oxygens (including phenoxy) is 1. The molecule has 1 aliphatic heterocycles. The maximum absolute atomic E-state index is 6.00. The van der Waals surface area contributed by atoms with E-state index >= 15 is 0 Å². The number of hydrogen-bond acceptors (Lipinski definition) is 2. The Morgan fingerprint density at radius 1 is 0.960 bits per heavy atom. The Bertz CT molecular complexity index is 838. The van der Waals surface area contributed by atoms with Gasteiger partial charge in [0.2, 0.25) is 6.33 Å². The Balaban J connectivity index is 1.56. The van der Waals surface area contributed by atoms with E-state index in [0.29, 0.717) is 0 Å². The van der Waals surface area contributed by atoms with Crippen LogP contribution in [0.15, 0.2) is 54.9 Å². The average molecular weight is 357 g/mol. The molecule has 1 aliphatic rings. The predicted molar refractivity (Wildman–Crippen MR) is 99.9 cm³/mol. The molecule has 2 heterocycles. The number of halogens is 1. The van der Waals surface area contributed by atoms with E-state index in [1.54, 1.807) is 0 Å². The van der Waals surface area contributed by atoms with Gasteiger partial charge < -0.3 is 4.74 Å². The minimum Gasteiger partial charge on any atom is -0.379 e. The van der Waals surface area contributed by atoms with Crippen molar-refractivity contribution in [1.29, 1.82) is 0 Å². The van der Waals surface area contributed by atoms with Crippen LogP contribution in [0, 0.1) is 0 Å². The summed E-state index contributed by atoms with van der Waals surface area (Å²) in [6.45, 7) is 6.67. The topological polar surface area (TPSA) is 21.3 Å². The summed E-state index contributed by atoms with van der Waals surface area (Å²) in [6.07, 6.45) is 2.24. The molecule has 0 aliphatic carbocycles. The summed E-state index contributed by atoms with van der Waals surface area (Å²) >= 11 is 6.00. The summed E-state index contributed by atoms with van der Waals surface area (Å²) in [5.41, 5.74) is 3.80. The quantitative estimate of drug-likeness (QED) is 0.655. The van der Waals surface area contributed by atoms with Crippen molar-refractivity contribution in [3.63, 3.8) is 0 Å². The van der Waals surface area contributed by atoms with E-state index in [0.717, 1.165) is 51.0 Å². The number of nitrogens with zero attached hydrogens (tertiary/aromatic N) is 3. The fourth-order valence-corrected chi connectivity index (χ4v) is 3.53. The highest BCUT2D eigenvalue weighted by molar-refractivity contribution is 6.30. The van der Waals surface area contributed by atoms with Gasteiger partial charge in [0.25, 0.3) is 0 Å². The zero-order valence-corrected chi connectivity index (χ0v) is 15.0. The van der Waals surface area contributed by atoms with E-state index in [1.807, 2.05) is 12.1 Å². The van der Waals surface area contributed by atoms with Crippen LogP contribution < -0.4 is 4.57 Å². The van der Waals surface area contributed by atoms with E-state index in [1.165, 1.54) is 16.6 Å². The molecule has 5 heteroatoms. The van der Waals surface area contributed by atoms with Gasteiger partial charge in [-0.05, 0) is 29.8 Å². The third-order valence-electron chi connectivity index (χ3n) is 4.81. The molecule has 0 spiro atoms. The Morgan fingerprint density at radius 3 is 2.52 bits per heavy atom. The molecular formula is C20H23ClN3O+. The molecule has 4 rings (SSSR count). The van der Waals surface area contributed by atoms with E-state index in [9.17, 15) is 0 Å². The van der Waals surface area contributed by atoms with Crippen molar-refractivity contribution < 1.29 is 9.30 Å². The Morgan fingerprint density at radius 2 is 1.72 bits per heavy atom. The smallest absolute Gasteiger partial charge is 0.245 e. The maximum atomic E-state index is 6.00. The molecular weight excluding hydrogens is 334 g/mol. The summed E-state index contributed by atoms with van der Waals surface area (Å²) in [6, 6.07) is 16.7. The summed E-state index contributed by atoms with van der Waals surface area (Å²) < 4.78 is 10.1. The van der Waals surface area contributed by atoms with E-state index in [2.05, 4.69) is 56.8 Å². The normalized spacial score (nSPS) is 15.7. The zero-order chi connectivity index (χ0) is 17.1. The van der Waals surface area contributed by atoms with Gasteiger partial charge in [-0.2, -0.15) is 0 Å². The minimum absolute atomic E-state index is 0.779. The van der Waals surface area contributed by atoms with Crippen molar-refractivity contribution in [3.05, 3.63) is 65.4 Å². The average Bonchev–Trinajstić information content (AvgIpc) is 3.01. The molecule has 0 bridgehead atoms. The molecule has 3 aromatic rings. The van der Waals surface area contributed by atoms with Crippen LogP contribution in [0.4, 0.5) is 0 Å². The maximum Gasteiger partial charge on any atom is 0.245 e. The standard InChI is InChI=1S/C20H23ClN3O/c21-18-7-5-17(6-8-18)15-24-16-23(19-3-1-2-4-20(19)24)10-9-22-11-13-25-14-12-22/h1-8,16H,9-15H2/q+1. The lowest BCUT2D eigenvalue weighted by Gasteiger charge is -2.25. The fourth-order valence-electron chi connectivity index (χ4n) is 3.41. The summed E-state index contributed by atoms with van der Waals surface area (Å²) in [7, 11) is 0. The van der Waals surface area contributed by atoms with Crippen LogP contribution in [0.2, 0.25) is 5.02 Å². The number of fused-ring (bicyclic) bond motifs is 1. The lowest BCUT2D eigenvalue weighted by atomic mass is 10.2. The number of hydrogen-bond donors (Lipinski definition) is 0. The molecule has 2 aromatic carbocycles. The molecule has 4 nitrogen and oxygen atoms in total. The van der Waals surface area contributed by atoms with Crippen molar-refractivity contribution in [3.8, 4) is 0 Å². The van der Waals surface area contributed by atoms with Crippen molar-refractivity contribution >= 4 is 22.6 Å². The van der Waals surface area contributed by atoms with Crippen molar-refractivity contribution in [2.45, 2.75) is 13.1 Å². The summed E-state index contributed by atoms with van der Waals surface area (Å²) in [5, 5.41) is 0.779. The molecule has 0 saturated carbocycles. The molecule has 1 fully saturated rings. The molecule has 25 heavy (non-hydrogen) atoms. The number of rotatable bonds is 5. The highest BCUT2D eigenvalue weighted by atomic mass is 35.5. The number of para-hydroxylation sites is 2. The van der Waals surface area contributed by atoms with Gasteiger partial charge in [-0.15, -0.1) is 0 Å². The second-order valence-corrected chi connectivity index (χ2v) is 6.94. The Labute approximate surface area is 153 Å². The first kappa shape index (κ1) is 16.6. The van der Waals surface area contributed by atoms with E-state index in [4.69, 9.17) is 16.3 Å². The Kier molecular flexibility index (Phi) is 5.02. The van der Waals surface area contributed by atoms with Crippen LogP contribution >= 0.6 is 11.6 Å². The molecule has 0 amide bonds. The zero-order valence-electron chi connectivity index (χ0n) is 14.3. The first-order valence-corrected chi connectivity index (χ1v) is 9.19. The first-order chi connectivity index (χ1) is 12.3. The van der Waals surface area contributed by atoms with Gasteiger partial charge in [-0.3, -0.25) is 4.90 Å². The lowest BCUT2D eigenvalue weighted by Crippen LogP contribution is -2.38.